The second-order valence-corrected chi connectivity index (χ2v) is 9.17. The van der Waals surface area contributed by atoms with E-state index in [0.717, 1.165) is 41.0 Å². The van der Waals surface area contributed by atoms with Gasteiger partial charge in [0.1, 0.15) is 11.9 Å². The van der Waals surface area contributed by atoms with Gasteiger partial charge in [-0.15, -0.1) is 0 Å². The molecule has 1 amide bonds. The third-order valence-electron chi connectivity index (χ3n) is 6.73. The number of rotatable bonds is 6. The van der Waals surface area contributed by atoms with E-state index in [9.17, 15) is 10.1 Å². The number of amides is 1. The smallest absolute Gasteiger partial charge is 0.231 e. The van der Waals surface area contributed by atoms with Crippen LogP contribution in [0.5, 0.6) is 0 Å². The maximum atomic E-state index is 13.4. The van der Waals surface area contributed by atoms with Crippen molar-refractivity contribution in [3.8, 4) is 17.3 Å². The van der Waals surface area contributed by atoms with Crippen LogP contribution in [-0.4, -0.2) is 37.2 Å². The minimum Gasteiger partial charge on any atom is -0.310 e. The van der Waals surface area contributed by atoms with Crippen LogP contribution < -0.4 is 10.2 Å². The van der Waals surface area contributed by atoms with Gasteiger partial charge in [0.15, 0.2) is 0 Å². The Morgan fingerprint density at radius 2 is 2.06 bits per heavy atom. The molecule has 4 heterocycles. The first-order valence-corrected chi connectivity index (χ1v) is 12.0. The van der Waals surface area contributed by atoms with Gasteiger partial charge < -0.3 is 10.2 Å². The molecule has 0 unspecified atom stereocenters. The number of nitrogens with one attached hydrogen (secondary N) is 1. The zero-order valence-electron chi connectivity index (χ0n) is 19.8. The zero-order valence-corrected chi connectivity index (χ0v) is 19.8. The van der Waals surface area contributed by atoms with Crippen LogP contribution in [0.1, 0.15) is 41.1 Å². The molecule has 0 saturated heterocycles. The zero-order chi connectivity index (χ0) is 24.6. The number of benzene rings is 1. The Labute approximate surface area is 208 Å². The lowest BCUT2D eigenvalue weighted by molar-refractivity contribution is -0.117. The van der Waals surface area contributed by atoms with Gasteiger partial charge in [-0.1, -0.05) is 6.07 Å². The quantitative estimate of drug-likeness (QED) is 0.449. The minimum atomic E-state index is -0.00222. The van der Waals surface area contributed by atoms with Gasteiger partial charge in [0.05, 0.1) is 29.6 Å². The van der Waals surface area contributed by atoms with Crippen molar-refractivity contribution in [1.82, 2.24) is 24.7 Å². The first-order chi connectivity index (χ1) is 17.6. The number of carbonyl (C=O) groups is 1. The summed E-state index contributed by atoms with van der Waals surface area (Å²) in [6, 6.07) is 13.7. The Morgan fingerprint density at radius 3 is 2.83 bits per heavy atom. The molecule has 4 aromatic rings. The van der Waals surface area contributed by atoms with E-state index in [1.54, 1.807) is 34.2 Å². The summed E-state index contributed by atoms with van der Waals surface area (Å²) in [5.74, 6) is 1.68. The normalized spacial score (nSPS) is 14.4. The molecule has 1 N–H and O–H groups in total. The van der Waals surface area contributed by atoms with Gasteiger partial charge in [-0.2, -0.15) is 10.4 Å². The van der Waals surface area contributed by atoms with Gasteiger partial charge >= 0.3 is 0 Å². The van der Waals surface area contributed by atoms with Crippen LogP contribution in [0, 0.1) is 11.3 Å². The molecular formula is C27H24N8O. The monoisotopic (exact) mass is 476 g/mol. The SMILES string of the molecule is Cn1nccc1Nc1nccc(-c2cc(C#N)c3c(c2)CCN3C(=O)Cc2cccnc2C2CC2)n1. The van der Waals surface area contributed by atoms with Crippen LogP contribution in [0.15, 0.2) is 55.0 Å². The van der Waals surface area contributed by atoms with Gasteiger partial charge in [-0.25, -0.2) is 9.97 Å². The van der Waals surface area contributed by atoms with Crippen molar-refractivity contribution in [2.45, 2.75) is 31.6 Å². The van der Waals surface area contributed by atoms with E-state index < -0.39 is 0 Å². The number of nitriles is 1. The Bertz CT molecular complexity index is 1510. The third-order valence-corrected chi connectivity index (χ3v) is 6.73. The Morgan fingerprint density at radius 1 is 1.17 bits per heavy atom. The summed E-state index contributed by atoms with van der Waals surface area (Å²) in [6.07, 6.45) is 8.43. The molecule has 3 aromatic heterocycles. The summed E-state index contributed by atoms with van der Waals surface area (Å²) >= 11 is 0. The van der Waals surface area contributed by atoms with Gasteiger partial charge in [0, 0.05) is 49.2 Å². The lowest BCUT2D eigenvalue weighted by Gasteiger charge is -2.20. The summed E-state index contributed by atoms with van der Waals surface area (Å²) in [7, 11) is 1.83. The minimum absolute atomic E-state index is 0.00222. The first kappa shape index (κ1) is 21.9. The topological polar surface area (TPSA) is 113 Å². The lowest BCUT2D eigenvalue weighted by Crippen LogP contribution is -2.31. The summed E-state index contributed by atoms with van der Waals surface area (Å²) in [5.41, 5.74) is 5.71. The molecular weight excluding hydrogens is 452 g/mol. The van der Waals surface area contributed by atoms with Crippen molar-refractivity contribution in [2.24, 2.45) is 7.05 Å². The molecule has 6 rings (SSSR count). The van der Waals surface area contributed by atoms with E-state index >= 15 is 0 Å². The number of hydrogen-bond donors (Lipinski definition) is 1. The molecule has 0 bridgehead atoms. The van der Waals surface area contributed by atoms with Crippen molar-refractivity contribution in [3.63, 3.8) is 0 Å². The highest BCUT2D eigenvalue weighted by molar-refractivity contribution is 5.99. The van der Waals surface area contributed by atoms with Crippen molar-refractivity contribution >= 4 is 23.4 Å². The summed E-state index contributed by atoms with van der Waals surface area (Å²) in [5, 5.41) is 17.3. The Hall–Kier alpha value is -4.58. The van der Waals surface area contributed by atoms with E-state index in [1.807, 2.05) is 37.4 Å². The van der Waals surface area contributed by atoms with Crippen LogP contribution in [-0.2, 0) is 24.7 Å². The van der Waals surface area contributed by atoms with Crippen LogP contribution >= 0.6 is 0 Å². The number of aryl methyl sites for hydroxylation is 1. The molecule has 0 radical (unpaired) electrons. The van der Waals surface area contributed by atoms with Crippen LogP contribution in [0.3, 0.4) is 0 Å². The fraction of sp³-hybridized carbons (Fsp3) is 0.259. The molecule has 1 aliphatic heterocycles. The van der Waals surface area contributed by atoms with Crippen molar-refractivity contribution in [2.75, 3.05) is 16.8 Å². The number of fused-ring (bicyclic) bond motifs is 1. The molecule has 1 aromatic carbocycles. The van der Waals surface area contributed by atoms with Crippen molar-refractivity contribution in [3.05, 3.63) is 77.4 Å². The Balaban J connectivity index is 1.28. The van der Waals surface area contributed by atoms with E-state index in [-0.39, 0.29) is 5.91 Å². The van der Waals surface area contributed by atoms with E-state index in [0.29, 0.717) is 48.2 Å². The molecule has 1 saturated carbocycles. The van der Waals surface area contributed by atoms with Gasteiger partial charge in [0.25, 0.3) is 0 Å². The fourth-order valence-electron chi connectivity index (χ4n) is 4.80. The molecule has 2 aliphatic rings. The lowest BCUT2D eigenvalue weighted by atomic mass is 10.0. The maximum absolute atomic E-state index is 13.4. The summed E-state index contributed by atoms with van der Waals surface area (Å²) in [6.45, 7) is 0.558. The third kappa shape index (κ3) is 4.07. The Kier molecular flexibility index (Phi) is 5.41. The number of aromatic nitrogens is 5. The molecule has 0 atom stereocenters. The highest BCUT2D eigenvalue weighted by Crippen LogP contribution is 2.41. The molecule has 1 fully saturated rings. The molecule has 9 nitrogen and oxygen atoms in total. The van der Waals surface area contributed by atoms with Crippen LogP contribution in [0.2, 0.25) is 0 Å². The molecule has 9 heteroatoms. The standard InChI is InChI=1S/C27H24N8O/c1-34-23(7-11-31-34)33-27-30-10-6-22(32-27)20-13-19-8-12-35(26(19)21(14-20)16-28)24(36)15-18-3-2-9-29-25(18)17-4-5-17/h2-3,6-7,9-11,13-14,17H,4-5,8,12,15H2,1H3,(H,30,32,33). The maximum Gasteiger partial charge on any atom is 0.231 e. The largest absolute Gasteiger partial charge is 0.310 e. The summed E-state index contributed by atoms with van der Waals surface area (Å²) in [4.78, 5) is 28.6. The van der Waals surface area contributed by atoms with Crippen LogP contribution in [0.25, 0.3) is 11.3 Å². The van der Waals surface area contributed by atoms with E-state index in [2.05, 4.69) is 31.4 Å². The number of pyridine rings is 1. The van der Waals surface area contributed by atoms with Gasteiger partial charge in [0.2, 0.25) is 11.9 Å². The average Bonchev–Trinajstić information content (AvgIpc) is 3.53. The summed E-state index contributed by atoms with van der Waals surface area (Å²) < 4.78 is 1.70. The predicted molar refractivity (Wildman–Crippen MR) is 135 cm³/mol. The van der Waals surface area contributed by atoms with Gasteiger partial charge in [-0.3, -0.25) is 14.5 Å². The molecule has 36 heavy (non-hydrogen) atoms. The first-order valence-electron chi connectivity index (χ1n) is 12.0. The fourth-order valence-corrected chi connectivity index (χ4v) is 4.80. The number of nitrogens with zero attached hydrogens (tertiary/aromatic N) is 7. The number of hydrogen-bond acceptors (Lipinski definition) is 7. The van der Waals surface area contributed by atoms with Crippen molar-refractivity contribution in [1.29, 1.82) is 5.26 Å². The molecule has 178 valence electrons. The molecule has 0 spiro atoms. The second-order valence-electron chi connectivity index (χ2n) is 9.17. The highest BCUT2D eigenvalue weighted by atomic mass is 16.2. The van der Waals surface area contributed by atoms with E-state index in [1.165, 1.54) is 0 Å². The predicted octanol–water partition coefficient (Wildman–Crippen LogP) is 3.90. The number of anilines is 3. The number of carbonyl (C=O) groups excluding carboxylic acids is 1. The molecule has 1 aliphatic carbocycles. The second kappa shape index (κ2) is 8.89. The highest BCUT2D eigenvalue weighted by Gasteiger charge is 2.31. The average molecular weight is 477 g/mol. The van der Waals surface area contributed by atoms with Crippen LogP contribution in [0.4, 0.5) is 17.5 Å². The van der Waals surface area contributed by atoms with E-state index in [4.69, 9.17) is 0 Å². The van der Waals surface area contributed by atoms with Gasteiger partial charge in [-0.05, 0) is 54.7 Å². The van der Waals surface area contributed by atoms with Crippen molar-refractivity contribution < 1.29 is 4.79 Å².